The van der Waals surface area contributed by atoms with Crippen molar-refractivity contribution in [3.8, 4) is 0 Å². The number of urea groups is 1. The molecule has 0 atom stereocenters. The van der Waals surface area contributed by atoms with Crippen molar-refractivity contribution >= 4 is 6.03 Å². The van der Waals surface area contributed by atoms with Crippen molar-refractivity contribution in [3.05, 3.63) is 0 Å². The minimum Gasteiger partial charge on any atom is -0.336 e. The maximum absolute atomic E-state index is 11.3. The number of carbonyl (C=O) groups excluding carboxylic acids is 1. The summed E-state index contributed by atoms with van der Waals surface area (Å²) in [5.41, 5.74) is 6.01. The summed E-state index contributed by atoms with van der Waals surface area (Å²) in [5, 5.41) is 2.85. The molecule has 1 fully saturated rings. The number of nitrogens with two attached hydrogens (primary N) is 1. The van der Waals surface area contributed by atoms with E-state index in [1.807, 2.05) is 0 Å². The summed E-state index contributed by atoms with van der Waals surface area (Å²) in [6.07, 6.45) is 5.71. The fourth-order valence-electron chi connectivity index (χ4n) is 1.84. The van der Waals surface area contributed by atoms with E-state index in [0.29, 0.717) is 6.54 Å². The topological polar surface area (TPSA) is 58.4 Å². The average Bonchev–Trinajstić information content (AvgIpc) is 2.15. The molecular formula is C10H21N3O. The number of hydrogen-bond donors (Lipinski definition) is 2. The Hall–Kier alpha value is -0.770. The highest BCUT2D eigenvalue weighted by Crippen LogP contribution is 2.24. The van der Waals surface area contributed by atoms with Crippen LogP contribution in [0, 0.1) is 0 Å². The van der Waals surface area contributed by atoms with Crippen LogP contribution in [0.15, 0.2) is 0 Å². The Morgan fingerprint density at radius 3 is 2.43 bits per heavy atom. The van der Waals surface area contributed by atoms with Gasteiger partial charge in [-0.3, -0.25) is 0 Å². The SMILES string of the molecule is CN(C)C(=O)NCC1(N)CCCCC1. The van der Waals surface area contributed by atoms with Crippen LogP contribution < -0.4 is 11.1 Å². The lowest BCUT2D eigenvalue weighted by Crippen LogP contribution is -2.52. The molecule has 4 heteroatoms. The lowest BCUT2D eigenvalue weighted by molar-refractivity contribution is 0.208. The number of rotatable bonds is 2. The summed E-state index contributed by atoms with van der Waals surface area (Å²) >= 11 is 0. The van der Waals surface area contributed by atoms with E-state index in [1.54, 1.807) is 14.1 Å². The molecule has 82 valence electrons. The molecule has 0 radical (unpaired) electrons. The Balaban J connectivity index is 2.32. The van der Waals surface area contributed by atoms with Crippen LogP contribution in [0.4, 0.5) is 4.79 Å². The highest BCUT2D eigenvalue weighted by atomic mass is 16.2. The van der Waals surface area contributed by atoms with Crippen molar-refractivity contribution in [2.45, 2.75) is 37.6 Å². The Morgan fingerprint density at radius 1 is 1.36 bits per heavy atom. The number of hydrogen-bond acceptors (Lipinski definition) is 2. The highest BCUT2D eigenvalue weighted by Gasteiger charge is 2.27. The Kier molecular flexibility index (Phi) is 3.75. The van der Waals surface area contributed by atoms with E-state index in [2.05, 4.69) is 5.32 Å². The van der Waals surface area contributed by atoms with Crippen molar-refractivity contribution in [3.63, 3.8) is 0 Å². The lowest BCUT2D eigenvalue weighted by atomic mass is 9.82. The first-order chi connectivity index (χ1) is 6.53. The van der Waals surface area contributed by atoms with E-state index in [4.69, 9.17) is 5.73 Å². The van der Waals surface area contributed by atoms with Crippen LogP contribution in [0.25, 0.3) is 0 Å². The van der Waals surface area contributed by atoms with Gasteiger partial charge in [-0.25, -0.2) is 4.79 Å². The van der Waals surface area contributed by atoms with Crippen LogP contribution >= 0.6 is 0 Å². The van der Waals surface area contributed by atoms with Crippen LogP contribution in [0.5, 0.6) is 0 Å². The zero-order chi connectivity index (χ0) is 10.6. The molecule has 0 saturated heterocycles. The molecule has 0 aromatic rings. The number of carbonyl (C=O) groups is 1. The van der Waals surface area contributed by atoms with E-state index in [9.17, 15) is 4.79 Å². The minimum absolute atomic E-state index is 0.0552. The van der Waals surface area contributed by atoms with Crippen LogP contribution in [-0.2, 0) is 0 Å². The van der Waals surface area contributed by atoms with Crippen molar-refractivity contribution in [1.29, 1.82) is 0 Å². The van der Waals surface area contributed by atoms with Gasteiger partial charge in [0.25, 0.3) is 0 Å². The molecule has 0 aliphatic heterocycles. The van der Waals surface area contributed by atoms with E-state index in [-0.39, 0.29) is 11.6 Å². The predicted molar refractivity (Wildman–Crippen MR) is 57.1 cm³/mol. The molecule has 0 aromatic heterocycles. The maximum atomic E-state index is 11.3. The molecule has 3 N–H and O–H groups in total. The average molecular weight is 199 g/mol. The third-order valence-electron chi connectivity index (χ3n) is 2.85. The van der Waals surface area contributed by atoms with Gasteiger partial charge in [-0.2, -0.15) is 0 Å². The predicted octanol–water partition coefficient (Wildman–Crippen LogP) is 0.919. The summed E-state index contributed by atoms with van der Waals surface area (Å²) in [7, 11) is 3.47. The van der Waals surface area contributed by atoms with Crippen LogP contribution in [-0.4, -0.2) is 37.1 Å². The van der Waals surface area contributed by atoms with Gasteiger partial charge in [-0.05, 0) is 12.8 Å². The minimum atomic E-state index is -0.163. The second-order valence-corrected chi connectivity index (χ2v) is 4.48. The molecule has 2 amide bonds. The van der Waals surface area contributed by atoms with Crippen LogP contribution in [0.3, 0.4) is 0 Å². The van der Waals surface area contributed by atoms with Crippen LogP contribution in [0.2, 0.25) is 0 Å². The summed E-state index contributed by atoms with van der Waals surface area (Å²) in [4.78, 5) is 12.8. The molecule has 0 aromatic carbocycles. The Bertz CT molecular complexity index is 198. The maximum Gasteiger partial charge on any atom is 0.316 e. The first-order valence-electron chi connectivity index (χ1n) is 5.28. The Morgan fingerprint density at radius 2 is 1.93 bits per heavy atom. The highest BCUT2D eigenvalue weighted by molar-refractivity contribution is 5.73. The van der Waals surface area contributed by atoms with Gasteiger partial charge in [0, 0.05) is 26.2 Å². The van der Waals surface area contributed by atoms with E-state index in [1.165, 1.54) is 24.2 Å². The molecule has 0 spiro atoms. The summed E-state index contributed by atoms with van der Waals surface area (Å²) in [6.45, 7) is 0.601. The molecule has 1 rings (SSSR count). The number of amides is 2. The third-order valence-corrected chi connectivity index (χ3v) is 2.85. The van der Waals surface area contributed by atoms with Crippen molar-refractivity contribution < 1.29 is 4.79 Å². The molecule has 14 heavy (non-hydrogen) atoms. The van der Waals surface area contributed by atoms with Gasteiger partial charge in [0.1, 0.15) is 0 Å². The molecule has 0 unspecified atom stereocenters. The number of nitrogens with zero attached hydrogens (tertiary/aromatic N) is 1. The fraction of sp³-hybridized carbons (Fsp3) is 0.900. The molecule has 1 aliphatic carbocycles. The summed E-state index contributed by atoms with van der Waals surface area (Å²) < 4.78 is 0. The molecule has 1 aliphatic rings. The monoisotopic (exact) mass is 199 g/mol. The molecule has 1 saturated carbocycles. The normalized spacial score (nSPS) is 20.2. The number of nitrogens with one attached hydrogen (secondary N) is 1. The lowest BCUT2D eigenvalue weighted by Gasteiger charge is -2.33. The second kappa shape index (κ2) is 4.64. The van der Waals surface area contributed by atoms with E-state index < -0.39 is 0 Å². The van der Waals surface area contributed by atoms with E-state index >= 15 is 0 Å². The van der Waals surface area contributed by atoms with Gasteiger partial charge in [0.2, 0.25) is 0 Å². The molecule has 0 heterocycles. The zero-order valence-electron chi connectivity index (χ0n) is 9.18. The summed E-state index contributed by atoms with van der Waals surface area (Å²) in [5.74, 6) is 0. The van der Waals surface area contributed by atoms with Gasteiger partial charge in [0.15, 0.2) is 0 Å². The van der Waals surface area contributed by atoms with Crippen molar-refractivity contribution in [2.75, 3.05) is 20.6 Å². The third kappa shape index (κ3) is 3.18. The quantitative estimate of drug-likeness (QED) is 0.694. The Labute approximate surface area is 85.8 Å². The zero-order valence-corrected chi connectivity index (χ0v) is 9.18. The second-order valence-electron chi connectivity index (χ2n) is 4.48. The van der Waals surface area contributed by atoms with Gasteiger partial charge >= 0.3 is 6.03 Å². The standard InChI is InChI=1S/C10H21N3O/c1-13(2)9(14)12-8-10(11)6-4-3-5-7-10/h3-8,11H2,1-2H3,(H,12,14). The molecule has 4 nitrogen and oxygen atoms in total. The van der Waals surface area contributed by atoms with Gasteiger partial charge in [-0.15, -0.1) is 0 Å². The first-order valence-corrected chi connectivity index (χ1v) is 5.28. The molecular weight excluding hydrogens is 178 g/mol. The molecule has 0 bridgehead atoms. The van der Waals surface area contributed by atoms with Crippen LogP contribution in [0.1, 0.15) is 32.1 Å². The largest absolute Gasteiger partial charge is 0.336 e. The van der Waals surface area contributed by atoms with E-state index in [0.717, 1.165) is 12.8 Å². The van der Waals surface area contributed by atoms with Gasteiger partial charge in [0.05, 0.1) is 0 Å². The van der Waals surface area contributed by atoms with Gasteiger partial charge in [-0.1, -0.05) is 19.3 Å². The van der Waals surface area contributed by atoms with Crippen molar-refractivity contribution in [1.82, 2.24) is 10.2 Å². The fourth-order valence-corrected chi connectivity index (χ4v) is 1.84. The summed E-state index contributed by atoms with van der Waals surface area (Å²) in [6, 6.07) is -0.0552. The smallest absolute Gasteiger partial charge is 0.316 e. The van der Waals surface area contributed by atoms with Crippen molar-refractivity contribution in [2.24, 2.45) is 5.73 Å². The first kappa shape index (κ1) is 11.3. The van der Waals surface area contributed by atoms with Gasteiger partial charge < -0.3 is 16.0 Å².